The van der Waals surface area contributed by atoms with Crippen LogP contribution in [0.2, 0.25) is 0 Å². The van der Waals surface area contributed by atoms with E-state index in [0.717, 1.165) is 6.42 Å². The van der Waals surface area contributed by atoms with E-state index in [9.17, 15) is 9.59 Å². The van der Waals surface area contributed by atoms with Crippen molar-refractivity contribution in [3.05, 3.63) is 57.3 Å². The van der Waals surface area contributed by atoms with E-state index < -0.39 is 0 Å². The molecule has 0 aliphatic carbocycles. The molecule has 25 heavy (non-hydrogen) atoms. The number of nitrogens with zero attached hydrogens (tertiary/aromatic N) is 2. The van der Waals surface area contributed by atoms with Gasteiger partial charge in [-0.2, -0.15) is 0 Å². The highest BCUT2D eigenvalue weighted by Gasteiger charge is 2.34. The molecular formula is C20H24N2O2S. The molecule has 1 aromatic carbocycles. The molecule has 0 radical (unpaired) electrons. The van der Waals surface area contributed by atoms with Gasteiger partial charge in [-0.3, -0.25) is 9.59 Å². The number of fused-ring (bicyclic) bond motifs is 1. The number of hydrogen-bond donors (Lipinski definition) is 0. The van der Waals surface area contributed by atoms with Gasteiger partial charge < -0.3 is 9.80 Å². The number of amides is 2. The lowest BCUT2D eigenvalue weighted by atomic mass is 9.90. The first-order chi connectivity index (χ1) is 12.0. The molecule has 1 aromatic heterocycles. The predicted octanol–water partition coefficient (Wildman–Crippen LogP) is 3.40. The topological polar surface area (TPSA) is 40.6 Å². The van der Waals surface area contributed by atoms with Gasteiger partial charge in [0.15, 0.2) is 0 Å². The summed E-state index contributed by atoms with van der Waals surface area (Å²) in [5.74, 6) is -0.0429. The summed E-state index contributed by atoms with van der Waals surface area (Å²) in [6.07, 6.45) is 0.882. The summed E-state index contributed by atoms with van der Waals surface area (Å²) < 4.78 is 0. The summed E-state index contributed by atoms with van der Waals surface area (Å²) in [7, 11) is 0. The van der Waals surface area contributed by atoms with Gasteiger partial charge in [-0.05, 0) is 48.4 Å². The average Bonchev–Trinajstić information content (AvgIpc) is 3.07. The molecule has 1 atom stereocenters. The molecule has 132 valence electrons. The fourth-order valence-corrected chi connectivity index (χ4v) is 4.42. The van der Waals surface area contributed by atoms with Crippen molar-refractivity contribution in [2.45, 2.75) is 33.2 Å². The predicted molar refractivity (Wildman–Crippen MR) is 101 cm³/mol. The first-order valence-electron chi connectivity index (χ1n) is 8.69. The van der Waals surface area contributed by atoms with Gasteiger partial charge in [-0.1, -0.05) is 24.3 Å². The van der Waals surface area contributed by atoms with Crippen molar-refractivity contribution in [3.8, 4) is 0 Å². The van der Waals surface area contributed by atoms with Gasteiger partial charge in [0, 0.05) is 24.9 Å². The Hall–Kier alpha value is -2.14. The summed E-state index contributed by atoms with van der Waals surface area (Å²) in [5.41, 5.74) is 3.58. The molecular weight excluding hydrogens is 332 g/mol. The summed E-state index contributed by atoms with van der Waals surface area (Å²) in [5, 5.41) is 2.11. The molecule has 2 aromatic rings. The van der Waals surface area contributed by atoms with Crippen molar-refractivity contribution >= 4 is 23.2 Å². The normalized spacial score (nSPS) is 16.4. The number of thiophene rings is 1. The molecule has 0 saturated heterocycles. The number of carbonyl (C=O) groups excluding carboxylic acids is 2. The Bertz CT molecular complexity index is 784. The summed E-state index contributed by atoms with van der Waals surface area (Å²) in [6, 6.07) is 10.3. The second kappa shape index (κ2) is 7.40. The molecule has 0 saturated carbocycles. The van der Waals surface area contributed by atoms with Crippen molar-refractivity contribution in [3.63, 3.8) is 0 Å². The van der Waals surface area contributed by atoms with Crippen molar-refractivity contribution in [2.24, 2.45) is 0 Å². The number of aryl methyl sites for hydroxylation is 1. The molecule has 0 spiro atoms. The first kappa shape index (κ1) is 17.7. The van der Waals surface area contributed by atoms with Crippen LogP contribution in [-0.4, -0.2) is 41.2 Å². The van der Waals surface area contributed by atoms with Crippen LogP contribution >= 0.6 is 11.3 Å². The summed E-state index contributed by atoms with van der Waals surface area (Å²) >= 11 is 1.76. The van der Waals surface area contributed by atoms with E-state index >= 15 is 0 Å². The van der Waals surface area contributed by atoms with Gasteiger partial charge in [0.05, 0.1) is 12.6 Å². The van der Waals surface area contributed by atoms with E-state index in [1.165, 1.54) is 28.5 Å². The smallest absolute Gasteiger partial charge is 0.242 e. The zero-order chi connectivity index (χ0) is 18.0. The lowest BCUT2D eigenvalue weighted by Crippen LogP contribution is -2.46. The highest BCUT2D eigenvalue weighted by molar-refractivity contribution is 7.10. The molecule has 0 fully saturated rings. The van der Waals surface area contributed by atoms with Crippen LogP contribution in [0.1, 0.15) is 41.5 Å². The van der Waals surface area contributed by atoms with Crippen LogP contribution in [0.25, 0.3) is 0 Å². The fraction of sp³-hybridized carbons (Fsp3) is 0.400. The lowest BCUT2D eigenvalue weighted by molar-refractivity contribution is -0.140. The maximum absolute atomic E-state index is 13.0. The van der Waals surface area contributed by atoms with E-state index in [4.69, 9.17) is 0 Å². The Balaban J connectivity index is 1.96. The Kier molecular flexibility index (Phi) is 5.23. The monoisotopic (exact) mass is 356 g/mol. The van der Waals surface area contributed by atoms with Gasteiger partial charge in [-0.15, -0.1) is 11.3 Å². The number of carbonyl (C=O) groups is 2. The van der Waals surface area contributed by atoms with Crippen molar-refractivity contribution < 1.29 is 9.59 Å². The van der Waals surface area contributed by atoms with Gasteiger partial charge >= 0.3 is 0 Å². The minimum absolute atomic E-state index is 0.0159. The highest BCUT2D eigenvalue weighted by Crippen LogP contribution is 2.38. The fourth-order valence-electron chi connectivity index (χ4n) is 3.51. The van der Waals surface area contributed by atoms with Crippen LogP contribution in [0.4, 0.5) is 0 Å². The van der Waals surface area contributed by atoms with E-state index in [0.29, 0.717) is 13.1 Å². The van der Waals surface area contributed by atoms with Gasteiger partial charge in [0.2, 0.25) is 11.8 Å². The maximum atomic E-state index is 13.0. The molecule has 1 unspecified atom stereocenters. The Morgan fingerprint density at radius 1 is 1.24 bits per heavy atom. The van der Waals surface area contributed by atoms with Crippen LogP contribution in [0, 0.1) is 6.92 Å². The third-order valence-corrected chi connectivity index (χ3v) is 5.92. The van der Waals surface area contributed by atoms with Gasteiger partial charge in [0.25, 0.3) is 0 Å². The van der Waals surface area contributed by atoms with Crippen LogP contribution in [0.15, 0.2) is 35.7 Å². The largest absolute Gasteiger partial charge is 0.334 e. The van der Waals surface area contributed by atoms with E-state index in [2.05, 4.69) is 30.5 Å². The third-order valence-electron chi connectivity index (χ3n) is 4.92. The Morgan fingerprint density at radius 2 is 2.00 bits per heavy atom. The van der Waals surface area contributed by atoms with Crippen molar-refractivity contribution in [1.29, 1.82) is 0 Å². The highest BCUT2D eigenvalue weighted by atomic mass is 32.1. The van der Waals surface area contributed by atoms with Crippen LogP contribution in [-0.2, 0) is 16.0 Å². The molecule has 0 bridgehead atoms. The number of benzene rings is 1. The molecule has 1 aliphatic heterocycles. The molecule has 2 heterocycles. The van der Waals surface area contributed by atoms with Gasteiger partial charge in [-0.25, -0.2) is 0 Å². The zero-order valence-corrected chi connectivity index (χ0v) is 15.8. The van der Waals surface area contributed by atoms with Gasteiger partial charge in [0.1, 0.15) is 0 Å². The second-order valence-corrected chi connectivity index (χ2v) is 7.43. The standard InChI is InChI=1S/C20H24N2O2S/c1-4-21(15(3)23)13-19(24)22-11-9-18-17(10-12-25-18)20(22)16-8-6-5-7-14(16)2/h5-8,10,12,20H,4,9,11,13H2,1-3H3. The van der Waals surface area contributed by atoms with Crippen molar-refractivity contribution in [1.82, 2.24) is 9.80 Å². The molecule has 3 rings (SSSR count). The minimum Gasteiger partial charge on any atom is -0.334 e. The summed E-state index contributed by atoms with van der Waals surface area (Å²) in [4.78, 5) is 29.6. The summed E-state index contributed by atoms with van der Waals surface area (Å²) in [6.45, 7) is 6.90. The molecule has 5 heteroatoms. The zero-order valence-electron chi connectivity index (χ0n) is 15.0. The van der Waals surface area contributed by atoms with E-state index in [1.807, 2.05) is 24.0 Å². The van der Waals surface area contributed by atoms with Crippen LogP contribution in [0.3, 0.4) is 0 Å². The molecule has 0 N–H and O–H groups in total. The van der Waals surface area contributed by atoms with E-state index in [1.54, 1.807) is 16.2 Å². The molecule has 4 nitrogen and oxygen atoms in total. The number of likely N-dealkylation sites (N-methyl/N-ethyl adjacent to an activating group) is 1. The van der Waals surface area contributed by atoms with Crippen LogP contribution < -0.4 is 0 Å². The van der Waals surface area contributed by atoms with Crippen molar-refractivity contribution in [2.75, 3.05) is 19.6 Å². The van der Waals surface area contributed by atoms with Crippen LogP contribution in [0.5, 0.6) is 0 Å². The maximum Gasteiger partial charge on any atom is 0.242 e. The molecule has 2 amide bonds. The quantitative estimate of drug-likeness (QED) is 0.842. The van der Waals surface area contributed by atoms with E-state index in [-0.39, 0.29) is 24.4 Å². The first-order valence-corrected chi connectivity index (χ1v) is 9.57. The number of rotatable bonds is 4. The lowest BCUT2D eigenvalue weighted by Gasteiger charge is -2.38. The Labute approximate surface area is 153 Å². The second-order valence-electron chi connectivity index (χ2n) is 6.43. The molecule has 1 aliphatic rings. The minimum atomic E-state index is -0.0608. The SMILES string of the molecule is CCN(CC(=O)N1CCc2sccc2C1c1ccccc1C)C(C)=O. The number of hydrogen-bond acceptors (Lipinski definition) is 3. The average molecular weight is 356 g/mol. The Morgan fingerprint density at radius 3 is 2.68 bits per heavy atom. The third kappa shape index (κ3) is 3.47.